The minimum absolute atomic E-state index is 0.118. The number of alkyl halides is 3. The number of rotatable bonds is 4. The Balaban J connectivity index is 1.72. The number of esters is 1. The average molecular weight is 454 g/mol. The van der Waals surface area contributed by atoms with E-state index >= 15 is 0 Å². The second-order valence-electron chi connectivity index (χ2n) is 8.46. The van der Waals surface area contributed by atoms with E-state index in [1.54, 1.807) is 17.9 Å². The summed E-state index contributed by atoms with van der Waals surface area (Å²) < 4.78 is 44.5. The molecule has 9 heteroatoms. The third kappa shape index (κ3) is 5.42. The highest BCUT2D eigenvalue weighted by Gasteiger charge is 2.39. The number of hydrogen-bond donors (Lipinski definition) is 0. The van der Waals surface area contributed by atoms with Gasteiger partial charge < -0.3 is 14.5 Å². The van der Waals surface area contributed by atoms with E-state index in [-0.39, 0.29) is 36.9 Å². The van der Waals surface area contributed by atoms with E-state index in [1.807, 2.05) is 0 Å². The summed E-state index contributed by atoms with van der Waals surface area (Å²) in [5.74, 6) is -1.50. The number of amides is 2. The van der Waals surface area contributed by atoms with Crippen LogP contribution in [0.25, 0.3) is 0 Å². The van der Waals surface area contributed by atoms with E-state index in [0.717, 1.165) is 12.1 Å². The number of carbonyl (C=O) groups excluding carboxylic acids is 3. The second-order valence-corrected chi connectivity index (χ2v) is 8.46. The first kappa shape index (κ1) is 24.1. The maximum absolute atomic E-state index is 13.2. The van der Waals surface area contributed by atoms with Crippen LogP contribution in [-0.4, -0.2) is 53.8 Å². The van der Waals surface area contributed by atoms with Crippen molar-refractivity contribution < 1.29 is 32.3 Å². The molecular weight excluding hydrogens is 425 g/mol. The van der Waals surface area contributed by atoms with Gasteiger partial charge in [-0.1, -0.05) is 12.1 Å². The summed E-state index contributed by atoms with van der Waals surface area (Å²) in [7, 11) is 0. The van der Waals surface area contributed by atoms with Gasteiger partial charge in [0, 0.05) is 26.6 Å². The zero-order valence-electron chi connectivity index (χ0n) is 18.4. The summed E-state index contributed by atoms with van der Waals surface area (Å²) in [6, 6.07) is 4.51. The highest BCUT2D eigenvalue weighted by Crippen LogP contribution is 2.37. The van der Waals surface area contributed by atoms with E-state index < -0.39 is 23.7 Å². The molecule has 2 saturated heterocycles. The van der Waals surface area contributed by atoms with Gasteiger partial charge in [-0.2, -0.15) is 13.2 Å². The molecule has 0 saturated carbocycles. The van der Waals surface area contributed by atoms with Crippen molar-refractivity contribution in [1.29, 1.82) is 0 Å². The quantitative estimate of drug-likeness (QED) is 0.649. The summed E-state index contributed by atoms with van der Waals surface area (Å²) in [6.07, 6.45) is -2.24. The van der Waals surface area contributed by atoms with Crippen molar-refractivity contribution in [3.8, 4) is 0 Å². The summed E-state index contributed by atoms with van der Waals surface area (Å²) in [4.78, 5) is 40.8. The zero-order valence-corrected chi connectivity index (χ0v) is 18.4. The van der Waals surface area contributed by atoms with Crippen molar-refractivity contribution in [2.45, 2.75) is 51.7 Å². The third-order valence-electron chi connectivity index (χ3n) is 6.29. The number of benzene rings is 1. The number of piperidine rings is 2. The Kier molecular flexibility index (Phi) is 7.46. The topological polar surface area (TPSA) is 66.9 Å². The van der Waals surface area contributed by atoms with Gasteiger partial charge in [0.2, 0.25) is 11.8 Å². The minimum atomic E-state index is -4.46. The normalized spacial score (nSPS) is 24.2. The Morgan fingerprint density at radius 2 is 1.84 bits per heavy atom. The molecule has 0 aliphatic carbocycles. The highest BCUT2D eigenvalue weighted by molar-refractivity contribution is 5.82. The van der Waals surface area contributed by atoms with Crippen molar-refractivity contribution in [2.24, 2.45) is 11.8 Å². The van der Waals surface area contributed by atoms with E-state index in [1.165, 1.54) is 17.9 Å². The standard InChI is InChI=1S/C23H29F3N2O4/c1-3-32-22(31)18-7-5-11-27(13-18)21(30)17-9-10-20(28(14-17)15(2)29)16-6-4-8-19(12-16)23(24,25)26/h4,6,8,12,17-18,20H,3,5,7,9-11,13-14H2,1-2H3/t17-,18-,20+/m1/s1. The molecule has 0 bridgehead atoms. The molecule has 0 N–H and O–H groups in total. The molecule has 2 aliphatic heterocycles. The lowest BCUT2D eigenvalue weighted by atomic mass is 9.86. The van der Waals surface area contributed by atoms with Crippen LogP contribution < -0.4 is 0 Å². The van der Waals surface area contributed by atoms with Gasteiger partial charge in [0.15, 0.2) is 0 Å². The van der Waals surface area contributed by atoms with Gasteiger partial charge in [-0.05, 0) is 50.3 Å². The van der Waals surface area contributed by atoms with Crippen LogP contribution in [0, 0.1) is 11.8 Å². The Morgan fingerprint density at radius 1 is 1.09 bits per heavy atom. The lowest BCUT2D eigenvalue weighted by Crippen LogP contribution is -2.50. The molecule has 32 heavy (non-hydrogen) atoms. The smallest absolute Gasteiger partial charge is 0.416 e. The van der Waals surface area contributed by atoms with Gasteiger partial charge in [0.25, 0.3) is 0 Å². The Morgan fingerprint density at radius 3 is 2.50 bits per heavy atom. The number of halogens is 3. The largest absolute Gasteiger partial charge is 0.466 e. The summed E-state index contributed by atoms with van der Waals surface area (Å²) >= 11 is 0. The van der Waals surface area contributed by atoms with Crippen molar-refractivity contribution in [3.05, 3.63) is 35.4 Å². The number of hydrogen-bond acceptors (Lipinski definition) is 4. The molecule has 176 valence electrons. The Labute approximate surface area is 185 Å². The number of carbonyl (C=O) groups is 3. The maximum Gasteiger partial charge on any atom is 0.416 e. The molecule has 2 heterocycles. The molecule has 6 nitrogen and oxygen atoms in total. The zero-order chi connectivity index (χ0) is 23.5. The lowest BCUT2D eigenvalue weighted by Gasteiger charge is -2.41. The SMILES string of the molecule is CCOC(=O)[C@@H]1CCCN(C(=O)[C@@H]2CC[C@@H](c3cccc(C(F)(F)F)c3)N(C(C)=O)C2)C1. The van der Waals surface area contributed by atoms with Crippen LogP contribution in [0.15, 0.2) is 24.3 Å². The number of ether oxygens (including phenoxy) is 1. The first-order valence-corrected chi connectivity index (χ1v) is 11.0. The van der Waals surface area contributed by atoms with Crippen LogP contribution in [0.3, 0.4) is 0 Å². The minimum Gasteiger partial charge on any atom is -0.466 e. The van der Waals surface area contributed by atoms with Crippen molar-refractivity contribution >= 4 is 17.8 Å². The van der Waals surface area contributed by atoms with Crippen LogP contribution in [-0.2, 0) is 25.3 Å². The molecule has 3 atom stereocenters. The van der Waals surface area contributed by atoms with Gasteiger partial charge in [-0.3, -0.25) is 14.4 Å². The van der Waals surface area contributed by atoms with Crippen molar-refractivity contribution in [2.75, 3.05) is 26.2 Å². The van der Waals surface area contributed by atoms with Crippen molar-refractivity contribution in [3.63, 3.8) is 0 Å². The Hall–Kier alpha value is -2.58. The van der Waals surface area contributed by atoms with E-state index in [9.17, 15) is 27.6 Å². The molecule has 2 aliphatic rings. The first-order chi connectivity index (χ1) is 15.1. The van der Waals surface area contributed by atoms with Gasteiger partial charge in [-0.15, -0.1) is 0 Å². The first-order valence-electron chi connectivity index (χ1n) is 11.0. The van der Waals surface area contributed by atoms with E-state index in [0.29, 0.717) is 44.3 Å². The van der Waals surface area contributed by atoms with Crippen LogP contribution in [0.5, 0.6) is 0 Å². The van der Waals surface area contributed by atoms with Crippen LogP contribution >= 0.6 is 0 Å². The predicted molar refractivity (Wildman–Crippen MR) is 110 cm³/mol. The fourth-order valence-corrected chi connectivity index (χ4v) is 4.68. The van der Waals surface area contributed by atoms with Crippen LogP contribution in [0.1, 0.15) is 56.7 Å². The van der Waals surface area contributed by atoms with Gasteiger partial charge in [0.1, 0.15) is 0 Å². The maximum atomic E-state index is 13.2. The molecule has 0 aromatic heterocycles. The van der Waals surface area contributed by atoms with E-state index in [4.69, 9.17) is 4.74 Å². The number of likely N-dealkylation sites (tertiary alicyclic amines) is 2. The molecular formula is C23H29F3N2O4. The molecule has 0 spiro atoms. The molecule has 2 amide bonds. The molecule has 3 rings (SSSR count). The third-order valence-corrected chi connectivity index (χ3v) is 6.29. The molecule has 0 radical (unpaired) electrons. The average Bonchev–Trinajstić information content (AvgIpc) is 2.78. The van der Waals surface area contributed by atoms with Crippen molar-refractivity contribution in [1.82, 2.24) is 9.80 Å². The van der Waals surface area contributed by atoms with Crippen LogP contribution in [0.2, 0.25) is 0 Å². The lowest BCUT2D eigenvalue weighted by molar-refractivity contribution is -0.152. The predicted octanol–water partition coefficient (Wildman–Crippen LogP) is 3.81. The van der Waals surface area contributed by atoms with Gasteiger partial charge in [-0.25, -0.2) is 0 Å². The number of nitrogens with zero attached hydrogens (tertiary/aromatic N) is 2. The summed E-state index contributed by atoms with van der Waals surface area (Å²) in [5, 5.41) is 0. The highest BCUT2D eigenvalue weighted by atomic mass is 19.4. The van der Waals surface area contributed by atoms with Gasteiger partial charge in [0.05, 0.1) is 30.0 Å². The Bertz CT molecular complexity index is 858. The monoisotopic (exact) mass is 454 g/mol. The molecule has 1 aromatic carbocycles. The summed E-state index contributed by atoms with van der Waals surface area (Å²) in [6.45, 7) is 4.38. The molecule has 0 unspecified atom stereocenters. The fraction of sp³-hybridized carbons (Fsp3) is 0.609. The van der Waals surface area contributed by atoms with E-state index in [2.05, 4.69) is 0 Å². The molecule has 1 aromatic rings. The van der Waals surface area contributed by atoms with Crippen LogP contribution in [0.4, 0.5) is 13.2 Å². The second kappa shape index (κ2) is 9.92. The van der Waals surface area contributed by atoms with Gasteiger partial charge >= 0.3 is 12.1 Å². The summed E-state index contributed by atoms with van der Waals surface area (Å²) in [5.41, 5.74) is -0.337. The molecule has 2 fully saturated rings. The fourth-order valence-electron chi connectivity index (χ4n) is 4.68.